The average Bonchev–Trinajstić information content (AvgIpc) is 2.41. The lowest BCUT2D eigenvalue weighted by molar-refractivity contribution is -0.131. The molecule has 0 spiro atoms. The summed E-state index contributed by atoms with van der Waals surface area (Å²) in [6.07, 6.45) is 2.74. The molecule has 0 atom stereocenters. The summed E-state index contributed by atoms with van der Waals surface area (Å²) in [6.45, 7) is 6.87. The maximum absolute atomic E-state index is 10.5. The van der Waals surface area contributed by atoms with Crippen LogP contribution in [0.15, 0.2) is 30.3 Å². The van der Waals surface area contributed by atoms with Gasteiger partial charge in [0.05, 0.1) is 6.61 Å². The molecule has 0 saturated heterocycles. The van der Waals surface area contributed by atoms with Crippen LogP contribution in [-0.4, -0.2) is 37.9 Å². The van der Waals surface area contributed by atoms with Gasteiger partial charge in [-0.2, -0.15) is 0 Å². The molecule has 1 aromatic carbocycles. The minimum Gasteiger partial charge on any atom is -0.478 e. The number of anilines is 1. The smallest absolute Gasteiger partial charge is 0.328 e. The summed E-state index contributed by atoms with van der Waals surface area (Å²) in [5.41, 5.74) is 2.01. The van der Waals surface area contributed by atoms with E-state index in [0.29, 0.717) is 12.5 Å². The van der Waals surface area contributed by atoms with Crippen LogP contribution in [0, 0.1) is 5.92 Å². The highest BCUT2D eigenvalue weighted by atomic mass is 16.5. The number of ether oxygens (including phenoxy) is 1. The molecule has 0 radical (unpaired) electrons. The Bertz CT molecular complexity index is 438. The lowest BCUT2D eigenvalue weighted by Crippen LogP contribution is -2.30. The van der Waals surface area contributed by atoms with Crippen LogP contribution in [0.5, 0.6) is 0 Å². The third kappa shape index (κ3) is 5.89. The molecule has 0 aromatic heterocycles. The van der Waals surface area contributed by atoms with Crippen LogP contribution in [0.25, 0.3) is 6.08 Å². The van der Waals surface area contributed by atoms with E-state index < -0.39 is 5.97 Å². The molecule has 4 heteroatoms. The third-order valence-corrected chi connectivity index (χ3v) is 2.83. The van der Waals surface area contributed by atoms with Crippen LogP contribution < -0.4 is 4.90 Å². The number of carboxylic acids is 1. The lowest BCUT2D eigenvalue weighted by Gasteiger charge is -2.26. The fourth-order valence-electron chi connectivity index (χ4n) is 1.93. The molecule has 0 amide bonds. The third-order valence-electron chi connectivity index (χ3n) is 2.83. The summed E-state index contributed by atoms with van der Waals surface area (Å²) in [5, 5.41) is 8.60. The van der Waals surface area contributed by atoms with E-state index in [9.17, 15) is 4.79 Å². The van der Waals surface area contributed by atoms with Gasteiger partial charge in [-0.15, -0.1) is 0 Å². The monoisotopic (exact) mass is 277 g/mol. The van der Waals surface area contributed by atoms with E-state index in [2.05, 4.69) is 18.7 Å². The summed E-state index contributed by atoms with van der Waals surface area (Å²) in [5.74, 6) is -0.367. The van der Waals surface area contributed by atoms with Gasteiger partial charge in [0.25, 0.3) is 0 Å². The van der Waals surface area contributed by atoms with Gasteiger partial charge in [-0.3, -0.25) is 0 Å². The van der Waals surface area contributed by atoms with Crippen molar-refractivity contribution >= 4 is 17.7 Å². The summed E-state index contributed by atoms with van der Waals surface area (Å²) < 4.78 is 5.15. The Morgan fingerprint density at radius 2 is 2.00 bits per heavy atom. The summed E-state index contributed by atoms with van der Waals surface area (Å²) in [6, 6.07) is 7.88. The highest BCUT2D eigenvalue weighted by Crippen LogP contribution is 2.17. The van der Waals surface area contributed by atoms with E-state index in [1.807, 2.05) is 24.3 Å². The zero-order valence-electron chi connectivity index (χ0n) is 12.4. The molecule has 1 aromatic rings. The van der Waals surface area contributed by atoms with E-state index >= 15 is 0 Å². The molecule has 0 fully saturated rings. The number of nitrogens with zero attached hydrogens (tertiary/aromatic N) is 1. The second-order valence-corrected chi connectivity index (χ2v) is 5.10. The number of methoxy groups -OCH3 is 1. The van der Waals surface area contributed by atoms with Crippen molar-refractivity contribution < 1.29 is 14.6 Å². The number of aliphatic carboxylic acids is 1. The normalized spacial score (nSPS) is 11.2. The standard InChI is InChI=1S/C16H23NO3/c1-13(2)12-17(10-11-20-3)15-7-4-14(5-8-15)6-9-16(18)19/h4-9,13H,10-12H2,1-3H3,(H,18,19). The van der Waals surface area contributed by atoms with Gasteiger partial charge in [0.2, 0.25) is 0 Å². The topological polar surface area (TPSA) is 49.8 Å². The molecule has 4 nitrogen and oxygen atoms in total. The van der Waals surface area contributed by atoms with Gasteiger partial charge in [-0.25, -0.2) is 4.79 Å². The summed E-state index contributed by atoms with van der Waals surface area (Å²) in [7, 11) is 1.70. The Labute approximate surface area is 120 Å². The van der Waals surface area contributed by atoms with Crippen LogP contribution in [0.3, 0.4) is 0 Å². The molecule has 0 aliphatic carbocycles. The first-order valence-electron chi connectivity index (χ1n) is 6.78. The van der Waals surface area contributed by atoms with Gasteiger partial charge in [0.15, 0.2) is 0 Å². The summed E-state index contributed by atoms with van der Waals surface area (Å²) >= 11 is 0. The summed E-state index contributed by atoms with van der Waals surface area (Å²) in [4.78, 5) is 12.8. The molecule has 0 bridgehead atoms. The number of hydrogen-bond donors (Lipinski definition) is 1. The van der Waals surface area contributed by atoms with Crippen molar-refractivity contribution in [3.63, 3.8) is 0 Å². The van der Waals surface area contributed by atoms with Crippen molar-refractivity contribution in [1.82, 2.24) is 0 Å². The van der Waals surface area contributed by atoms with Gasteiger partial charge >= 0.3 is 5.97 Å². The highest BCUT2D eigenvalue weighted by Gasteiger charge is 2.08. The van der Waals surface area contributed by atoms with Crippen molar-refractivity contribution in [3.05, 3.63) is 35.9 Å². The predicted molar refractivity (Wildman–Crippen MR) is 82.0 cm³/mol. The maximum atomic E-state index is 10.5. The number of benzene rings is 1. The van der Waals surface area contributed by atoms with Crippen LogP contribution in [-0.2, 0) is 9.53 Å². The molecule has 1 rings (SSSR count). The fourth-order valence-corrected chi connectivity index (χ4v) is 1.93. The van der Waals surface area contributed by atoms with Crippen LogP contribution >= 0.6 is 0 Å². The minimum atomic E-state index is -0.935. The van der Waals surface area contributed by atoms with E-state index in [1.54, 1.807) is 13.2 Å². The number of rotatable bonds is 8. The van der Waals surface area contributed by atoms with Gasteiger partial charge in [0.1, 0.15) is 0 Å². The van der Waals surface area contributed by atoms with Crippen LogP contribution in [0.4, 0.5) is 5.69 Å². The first kappa shape index (κ1) is 16.2. The van der Waals surface area contributed by atoms with E-state index in [1.165, 1.54) is 0 Å². The minimum absolute atomic E-state index is 0.568. The molecule has 1 N–H and O–H groups in total. The Morgan fingerprint density at radius 3 is 2.50 bits per heavy atom. The molecule has 20 heavy (non-hydrogen) atoms. The molecular formula is C16H23NO3. The van der Waals surface area contributed by atoms with Gasteiger partial charge < -0.3 is 14.7 Å². The molecule has 110 valence electrons. The molecule has 0 aliphatic rings. The van der Waals surface area contributed by atoms with Gasteiger partial charge in [-0.1, -0.05) is 26.0 Å². The molecule has 0 aliphatic heterocycles. The Kier molecular flexibility index (Phi) is 6.81. The van der Waals surface area contributed by atoms with Crippen LogP contribution in [0.2, 0.25) is 0 Å². The molecule has 0 heterocycles. The second-order valence-electron chi connectivity index (χ2n) is 5.10. The van der Waals surface area contributed by atoms with Gasteiger partial charge in [0, 0.05) is 32.0 Å². The number of carboxylic acid groups (broad SMARTS) is 1. The second kappa shape index (κ2) is 8.38. The Hall–Kier alpha value is -1.81. The molecule has 0 unspecified atom stereocenters. The predicted octanol–water partition coefficient (Wildman–Crippen LogP) is 2.89. The average molecular weight is 277 g/mol. The van der Waals surface area contributed by atoms with Crippen molar-refractivity contribution in [2.24, 2.45) is 5.92 Å². The Balaban J connectivity index is 2.78. The molecular weight excluding hydrogens is 254 g/mol. The first-order valence-corrected chi connectivity index (χ1v) is 6.78. The SMILES string of the molecule is COCCN(CC(C)C)c1ccc(C=CC(=O)O)cc1. The van der Waals surface area contributed by atoms with Crippen LogP contribution in [0.1, 0.15) is 19.4 Å². The lowest BCUT2D eigenvalue weighted by atomic mass is 10.1. The largest absolute Gasteiger partial charge is 0.478 e. The maximum Gasteiger partial charge on any atom is 0.328 e. The quantitative estimate of drug-likeness (QED) is 0.742. The van der Waals surface area contributed by atoms with E-state index in [4.69, 9.17) is 9.84 Å². The number of carbonyl (C=O) groups is 1. The highest BCUT2D eigenvalue weighted by molar-refractivity contribution is 5.85. The van der Waals surface area contributed by atoms with Crippen molar-refractivity contribution in [2.45, 2.75) is 13.8 Å². The zero-order chi connectivity index (χ0) is 15.0. The first-order chi connectivity index (χ1) is 9.52. The zero-order valence-corrected chi connectivity index (χ0v) is 12.4. The van der Waals surface area contributed by atoms with Crippen molar-refractivity contribution in [2.75, 3.05) is 31.7 Å². The van der Waals surface area contributed by atoms with Crippen molar-refractivity contribution in [3.8, 4) is 0 Å². The molecule has 0 saturated carbocycles. The van der Waals surface area contributed by atoms with Crippen molar-refractivity contribution in [1.29, 1.82) is 0 Å². The Morgan fingerprint density at radius 1 is 1.35 bits per heavy atom. The number of hydrogen-bond acceptors (Lipinski definition) is 3. The van der Waals surface area contributed by atoms with Gasteiger partial charge in [-0.05, 0) is 29.7 Å². The van der Waals surface area contributed by atoms with E-state index in [0.717, 1.165) is 30.4 Å². The van der Waals surface area contributed by atoms with E-state index in [-0.39, 0.29) is 0 Å². The fraction of sp³-hybridized carbons (Fsp3) is 0.438.